The molecule has 6 nitrogen and oxygen atoms in total. The first-order valence-electron chi connectivity index (χ1n) is 13.7. The highest BCUT2D eigenvalue weighted by Crippen LogP contribution is 2.31. The molecule has 0 radical (unpaired) electrons. The van der Waals surface area contributed by atoms with Crippen LogP contribution in [0.3, 0.4) is 0 Å². The van der Waals surface area contributed by atoms with Gasteiger partial charge in [-0.3, -0.25) is 0 Å². The summed E-state index contributed by atoms with van der Waals surface area (Å²) in [6.07, 6.45) is 13.3. The predicted molar refractivity (Wildman–Crippen MR) is 153 cm³/mol. The minimum absolute atomic E-state index is 0.0642. The molecule has 208 valence electrons. The van der Waals surface area contributed by atoms with Gasteiger partial charge in [-0.15, -0.1) is 0 Å². The fourth-order valence-corrected chi connectivity index (χ4v) is 4.51. The van der Waals surface area contributed by atoms with Gasteiger partial charge in [0, 0.05) is 24.6 Å². The van der Waals surface area contributed by atoms with Gasteiger partial charge in [0.15, 0.2) is 0 Å². The summed E-state index contributed by atoms with van der Waals surface area (Å²) in [7, 11) is 0. The minimum Gasteiger partial charge on any atom is -0.478 e. The Bertz CT molecular complexity index is 960. The Kier molecular flexibility index (Phi) is 15.3. The summed E-state index contributed by atoms with van der Waals surface area (Å²) in [4.78, 5) is 10.2. The van der Waals surface area contributed by atoms with Crippen molar-refractivity contribution in [2.24, 2.45) is 5.41 Å². The van der Waals surface area contributed by atoms with E-state index >= 15 is 0 Å². The number of nitrogens with one attached hydrogen (secondary N) is 1. The van der Waals surface area contributed by atoms with Gasteiger partial charge in [0.25, 0.3) is 0 Å². The zero-order valence-corrected chi connectivity index (χ0v) is 22.7. The van der Waals surface area contributed by atoms with Crippen molar-refractivity contribution in [3.63, 3.8) is 0 Å². The molecule has 1 aliphatic rings. The summed E-state index contributed by atoms with van der Waals surface area (Å²) in [6.45, 7) is 4.73. The number of hydrogen-bond acceptors (Lipinski definition) is 5. The van der Waals surface area contributed by atoms with E-state index in [0.29, 0.717) is 11.6 Å². The second-order valence-electron chi connectivity index (χ2n) is 9.92. The predicted octanol–water partition coefficient (Wildman–Crippen LogP) is 5.42. The second kappa shape index (κ2) is 18.5. The van der Waals surface area contributed by atoms with E-state index in [2.05, 4.69) is 42.6 Å². The van der Waals surface area contributed by atoms with Crippen molar-refractivity contribution in [1.82, 2.24) is 5.32 Å². The van der Waals surface area contributed by atoms with E-state index in [1.807, 2.05) is 18.2 Å². The van der Waals surface area contributed by atoms with Gasteiger partial charge in [-0.2, -0.15) is 0 Å². The van der Waals surface area contributed by atoms with Crippen molar-refractivity contribution in [2.75, 3.05) is 33.0 Å². The van der Waals surface area contributed by atoms with Crippen LogP contribution in [0.4, 0.5) is 0 Å². The molecule has 2 atom stereocenters. The number of aromatic carboxylic acids is 1. The van der Waals surface area contributed by atoms with E-state index in [-0.39, 0.29) is 18.6 Å². The Morgan fingerprint density at radius 3 is 2.32 bits per heavy atom. The van der Waals surface area contributed by atoms with Crippen molar-refractivity contribution in [1.29, 1.82) is 0 Å². The molecule has 0 amide bonds. The summed E-state index contributed by atoms with van der Waals surface area (Å²) in [5.74, 6) is -0.879. The van der Waals surface area contributed by atoms with Gasteiger partial charge < -0.3 is 25.4 Å². The molecule has 0 saturated carbocycles. The zero-order chi connectivity index (χ0) is 27.5. The molecule has 0 spiro atoms. The van der Waals surface area contributed by atoms with Crippen LogP contribution >= 0.6 is 0 Å². The maximum atomic E-state index is 10.2. The fourth-order valence-electron chi connectivity index (χ4n) is 4.51. The molecular formula is C32H45NO5. The van der Waals surface area contributed by atoms with Crippen LogP contribution in [0.1, 0.15) is 61.4 Å². The molecule has 38 heavy (non-hydrogen) atoms. The number of ether oxygens (including phenoxy) is 1. The number of unbranched alkanes of at least 4 members (excludes halogenated alkanes) is 1. The van der Waals surface area contributed by atoms with Gasteiger partial charge >= 0.3 is 5.97 Å². The van der Waals surface area contributed by atoms with Crippen LogP contribution in [-0.4, -0.2) is 60.3 Å². The largest absolute Gasteiger partial charge is 0.478 e. The minimum atomic E-state index is -0.879. The first kappa shape index (κ1) is 31.4. The average molecular weight is 524 g/mol. The fraction of sp³-hybridized carbons (Fsp3) is 0.469. The molecule has 2 aromatic rings. The Hall–Kier alpha value is -2.77. The summed E-state index contributed by atoms with van der Waals surface area (Å²) in [6, 6.07) is 19.2. The van der Waals surface area contributed by atoms with Crippen LogP contribution in [0, 0.1) is 5.41 Å². The lowest BCUT2D eigenvalue weighted by Gasteiger charge is -2.34. The molecule has 2 aromatic carbocycles. The summed E-state index contributed by atoms with van der Waals surface area (Å²) in [5, 5.41) is 31.5. The second-order valence-corrected chi connectivity index (χ2v) is 9.92. The van der Waals surface area contributed by atoms with Gasteiger partial charge in [-0.1, -0.05) is 80.1 Å². The zero-order valence-electron chi connectivity index (χ0n) is 22.7. The molecule has 0 fully saturated rings. The van der Waals surface area contributed by atoms with Crippen LogP contribution in [0.25, 0.3) is 0 Å². The molecule has 0 bridgehead atoms. The maximum absolute atomic E-state index is 10.2. The molecule has 2 unspecified atom stereocenters. The number of allylic oxidation sites excluding steroid dienone is 2. The van der Waals surface area contributed by atoms with E-state index in [0.717, 1.165) is 70.3 Å². The highest BCUT2D eigenvalue weighted by atomic mass is 16.5. The lowest BCUT2D eigenvalue weighted by Crippen LogP contribution is -2.42. The molecule has 4 N–H and O–H groups in total. The molecule has 6 heteroatoms. The van der Waals surface area contributed by atoms with Crippen LogP contribution in [-0.2, 0) is 11.2 Å². The Balaban J connectivity index is 0.000000474. The van der Waals surface area contributed by atoms with E-state index in [9.17, 15) is 15.0 Å². The number of carboxylic acid groups (broad SMARTS) is 1. The molecule has 3 rings (SSSR count). The van der Waals surface area contributed by atoms with Crippen molar-refractivity contribution in [2.45, 2.75) is 57.9 Å². The van der Waals surface area contributed by atoms with Crippen LogP contribution in [0.15, 0.2) is 84.5 Å². The number of carbonyl (C=O) groups is 1. The first-order chi connectivity index (χ1) is 18.5. The number of hydrogen-bond donors (Lipinski definition) is 4. The molecule has 0 aromatic heterocycles. The SMILES string of the molecule is CCCC(CCCCOCCc1ccccc1)NCC1(CO)C=CC=C(CO)C1.O=C(O)c1ccccc1. The van der Waals surface area contributed by atoms with Crippen LogP contribution in [0.5, 0.6) is 0 Å². The quantitative estimate of drug-likeness (QED) is 0.219. The van der Waals surface area contributed by atoms with Crippen molar-refractivity contribution >= 4 is 5.97 Å². The molecule has 0 saturated heterocycles. The summed E-state index contributed by atoms with van der Waals surface area (Å²) < 4.78 is 5.80. The topological polar surface area (TPSA) is 99.0 Å². The molecule has 1 aliphatic carbocycles. The van der Waals surface area contributed by atoms with Crippen molar-refractivity contribution in [3.05, 3.63) is 95.6 Å². The normalized spacial score (nSPS) is 17.3. The van der Waals surface area contributed by atoms with E-state index in [1.165, 1.54) is 5.56 Å². The molecule has 0 aliphatic heterocycles. The van der Waals surface area contributed by atoms with Gasteiger partial charge in [-0.05, 0) is 61.8 Å². The molecular weight excluding hydrogens is 478 g/mol. The highest BCUT2D eigenvalue weighted by Gasteiger charge is 2.29. The lowest BCUT2D eigenvalue weighted by molar-refractivity contribution is 0.0697. The number of carboxylic acids is 1. The van der Waals surface area contributed by atoms with Crippen LogP contribution in [0.2, 0.25) is 0 Å². The van der Waals surface area contributed by atoms with E-state index in [4.69, 9.17) is 9.84 Å². The van der Waals surface area contributed by atoms with Gasteiger partial charge in [0.05, 0.1) is 25.4 Å². The molecule has 0 heterocycles. The van der Waals surface area contributed by atoms with Gasteiger partial charge in [-0.25, -0.2) is 4.79 Å². The van der Waals surface area contributed by atoms with Crippen LogP contribution < -0.4 is 5.32 Å². The van der Waals surface area contributed by atoms with E-state index in [1.54, 1.807) is 30.3 Å². The monoisotopic (exact) mass is 523 g/mol. The Labute approximate surface area is 228 Å². The Morgan fingerprint density at radius 2 is 1.71 bits per heavy atom. The standard InChI is InChI=1S/C25H39NO3.C7H6O2/c1-2-9-24(26-20-25(21-28)15-8-12-23(18-25)19-27)13-6-7-16-29-17-14-22-10-4-3-5-11-22;8-7(9)6-4-2-1-3-5-6/h3-5,8,10-12,15,24,26-28H,2,6-7,9,13-14,16-21H2,1H3;1-5H,(H,8,9). The summed E-state index contributed by atoms with van der Waals surface area (Å²) >= 11 is 0. The smallest absolute Gasteiger partial charge is 0.335 e. The number of aliphatic hydroxyl groups excluding tert-OH is 2. The van der Waals surface area contributed by atoms with E-state index < -0.39 is 5.97 Å². The third-order valence-corrected chi connectivity index (χ3v) is 6.75. The maximum Gasteiger partial charge on any atom is 0.335 e. The summed E-state index contributed by atoms with van der Waals surface area (Å²) in [5.41, 5.74) is 2.35. The van der Waals surface area contributed by atoms with Gasteiger partial charge in [0.2, 0.25) is 0 Å². The lowest BCUT2D eigenvalue weighted by atomic mass is 9.78. The average Bonchev–Trinajstić information content (AvgIpc) is 2.96. The Morgan fingerprint density at radius 1 is 1.00 bits per heavy atom. The third-order valence-electron chi connectivity index (χ3n) is 6.75. The van der Waals surface area contributed by atoms with Crippen molar-refractivity contribution < 1.29 is 24.9 Å². The third kappa shape index (κ3) is 12.2. The van der Waals surface area contributed by atoms with Gasteiger partial charge in [0.1, 0.15) is 0 Å². The number of rotatable bonds is 16. The number of aliphatic hydroxyl groups is 2. The van der Waals surface area contributed by atoms with Crippen molar-refractivity contribution in [3.8, 4) is 0 Å². The first-order valence-corrected chi connectivity index (χ1v) is 13.7. The number of benzene rings is 2. The highest BCUT2D eigenvalue weighted by molar-refractivity contribution is 5.87.